The van der Waals surface area contributed by atoms with Crippen LogP contribution >= 0.6 is 31.9 Å². The molecular formula is C23H16Br2N4O. The summed E-state index contributed by atoms with van der Waals surface area (Å²) in [6.45, 7) is 0. The fourth-order valence-corrected chi connectivity index (χ4v) is 3.85. The molecular weight excluding hydrogens is 508 g/mol. The number of nitrogens with two attached hydrogens (primary N) is 2. The maximum Gasteiger partial charge on any atom is 0.193 e. The Morgan fingerprint density at radius 3 is 1.57 bits per heavy atom. The van der Waals surface area contributed by atoms with E-state index in [2.05, 4.69) is 41.8 Å². The molecule has 2 aromatic carbocycles. The van der Waals surface area contributed by atoms with E-state index in [1.165, 1.54) is 0 Å². The van der Waals surface area contributed by atoms with Crippen molar-refractivity contribution in [2.75, 3.05) is 11.5 Å². The van der Waals surface area contributed by atoms with Crippen molar-refractivity contribution in [3.63, 3.8) is 0 Å². The van der Waals surface area contributed by atoms with Crippen LogP contribution in [0, 0.1) is 0 Å². The van der Waals surface area contributed by atoms with E-state index in [9.17, 15) is 4.79 Å². The number of carbonyl (C=O) groups excluding carboxylic acids is 1. The van der Waals surface area contributed by atoms with Crippen molar-refractivity contribution >= 4 is 49.3 Å². The van der Waals surface area contributed by atoms with Crippen LogP contribution in [0.2, 0.25) is 0 Å². The standard InChI is InChI=1S/C23H16Br2N4O/c24-17-9-19(22(26)28-11-17)13-3-1-5-15(7-13)21(30)16-6-2-4-14(8-16)20-10-18(25)12-29-23(20)27/h1-12H,(H2,26,28)(H2,27,29). The summed E-state index contributed by atoms with van der Waals surface area (Å²) in [5.41, 5.74) is 16.4. The molecule has 5 nitrogen and oxygen atoms in total. The van der Waals surface area contributed by atoms with Crippen molar-refractivity contribution in [3.05, 3.63) is 93.1 Å². The third-order valence-corrected chi connectivity index (χ3v) is 5.51. The van der Waals surface area contributed by atoms with Crippen LogP contribution in [-0.2, 0) is 0 Å². The molecule has 7 heteroatoms. The van der Waals surface area contributed by atoms with Crippen LogP contribution in [0.3, 0.4) is 0 Å². The minimum atomic E-state index is -0.0956. The zero-order valence-electron chi connectivity index (χ0n) is 15.6. The molecule has 2 aromatic heterocycles. The van der Waals surface area contributed by atoms with Gasteiger partial charge in [-0.1, -0.05) is 36.4 Å². The molecule has 0 aliphatic carbocycles. The van der Waals surface area contributed by atoms with E-state index in [1.54, 1.807) is 24.5 Å². The number of halogens is 2. The van der Waals surface area contributed by atoms with Crippen LogP contribution < -0.4 is 11.5 Å². The minimum absolute atomic E-state index is 0.0956. The second-order valence-corrected chi connectivity index (χ2v) is 8.49. The highest BCUT2D eigenvalue weighted by Gasteiger charge is 2.14. The van der Waals surface area contributed by atoms with Crippen molar-refractivity contribution in [1.29, 1.82) is 0 Å². The first-order valence-electron chi connectivity index (χ1n) is 9.00. The number of carbonyl (C=O) groups is 1. The number of aromatic nitrogens is 2. The predicted molar refractivity (Wildman–Crippen MR) is 127 cm³/mol. The van der Waals surface area contributed by atoms with E-state index in [0.29, 0.717) is 22.8 Å². The molecule has 0 fully saturated rings. The molecule has 4 aromatic rings. The Morgan fingerprint density at radius 2 is 1.13 bits per heavy atom. The van der Waals surface area contributed by atoms with Gasteiger partial charge in [0.25, 0.3) is 0 Å². The van der Waals surface area contributed by atoms with Crippen LogP contribution in [0.4, 0.5) is 11.6 Å². The second kappa shape index (κ2) is 8.38. The van der Waals surface area contributed by atoms with Gasteiger partial charge in [-0.25, -0.2) is 9.97 Å². The molecule has 0 atom stereocenters. The number of rotatable bonds is 4. The van der Waals surface area contributed by atoms with E-state index in [0.717, 1.165) is 31.2 Å². The summed E-state index contributed by atoms with van der Waals surface area (Å²) in [4.78, 5) is 21.6. The van der Waals surface area contributed by atoms with E-state index in [4.69, 9.17) is 11.5 Å². The molecule has 148 valence electrons. The predicted octanol–water partition coefficient (Wildman–Crippen LogP) is 5.73. The molecule has 0 aliphatic heterocycles. The van der Waals surface area contributed by atoms with Crippen LogP contribution in [0.5, 0.6) is 0 Å². The van der Waals surface area contributed by atoms with Gasteiger partial charge in [0.05, 0.1) is 0 Å². The van der Waals surface area contributed by atoms with Gasteiger partial charge in [0, 0.05) is 43.6 Å². The summed E-state index contributed by atoms with van der Waals surface area (Å²) in [6.07, 6.45) is 3.28. The molecule has 0 saturated carbocycles. The van der Waals surface area contributed by atoms with Crippen molar-refractivity contribution in [3.8, 4) is 22.3 Å². The second-order valence-electron chi connectivity index (χ2n) is 6.66. The first-order chi connectivity index (χ1) is 14.4. The lowest BCUT2D eigenvalue weighted by Gasteiger charge is -2.10. The van der Waals surface area contributed by atoms with E-state index in [1.807, 2.05) is 48.5 Å². The van der Waals surface area contributed by atoms with Gasteiger partial charge in [-0.2, -0.15) is 0 Å². The third-order valence-electron chi connectivity index (χ3n) is 4.64. The number of pyridine rings is 2. The maximum absolute atomic E-state index is 13.2. The highest BCUT2D eigenvalue weighted by atomic mass is 79.9. The first kappa shape index (κ1) is 20.3. The first-order valence-corrected chi connectivity index (χ1v) is 10.6. The monoisotopic (exact) mass is 522 g/mol. The topological polar surface area (TPSA) is 94.9 Å². The highest BCUT2D eigenvalue weighted by molar-refractivity contribution is 9.10. The maximum atomic E-state index is 13.2. The Bertz CT molecular complexity index is 1180. The van der Waals surface area contributed by atoms with Crippen molar-refractivity contribution < 1.29 is 4.79 Å². The number of anilines is 2. The number of hydrogen-bond donors (Lipinski definition) is 2. The van der Waals surface area contributed by atoms with Crippen molar-refractivity contribution in [2.24, 2.45) is 0 Å². The average molecular weight is 524 g/mol. The normalized spacial score (nSPS) is 10.7. The number of nitrogen functional groups attached to an aromatic ring is 2. The van der Waals surface area contributed by atoms with Crippen LogP contribution in [0.25, 0.3) is 22.3 Å². The lowest BCUT2D eigenvalue weighted by Crippen LogP contribution is -2.03. The number of ketones is 1. The molecule has 0 bridgehead atoms. The molecule has 4 N–H and O–H groups in total. The zero-order valence-corrected chi connectivity index (χ0v) is 18.8. The fraction of sp³-hybridized carbons (Fsp3) is 0. The summed E-state index contributed by atoms with van der Waals surface area (Å²) in [6, 6.07) is 18.5. The van der Waals surface area contributed by atoms with Crippen molar-refractivity contribution in [2.45, 2.75) is 0 Å². The summed E-state index contributed by atoms with van der Waals surface area (Å²) >= 11 is 6.83. The third kappa shape index (κ3) is 4.13. The minimum Gasteiger partial charge on any atom is -0.383 e. The van der Waals surface area contributed by atoms with Gasteiger partial charge in [0.1, 0.15) is 11.6 Å². The smallest absolute Gasteiger partial charge is 0.193 e. The highest BCUT2D eigenvalue weighted by Crippen LogP contribution is 2.30. The SMILES string of the molecule is Nc1ncc(Br)cc1-c1cccc(C(=O)c2cccc(-c3cc(Br)cnc3N)c2)c1. The van der Waals surface area contributed by atoms with Gasteiger partial charge in [-0.05, 0) is 67.3 Å². The Morgan fingerprint density at radius 1 is 0.700 bits per heavy atom. The van der Waals surface area contributed by atoms with Gasteiger partial charge in [0.15, 0.2) is 5.78 Å². The van der Waals surface area contributed by atoms with Crippen molar-refractivity contribution in [1.82, 2.24) is 9.97 Å². The molecule has 0 spiro atoms. The Balaban J connectivity index is 1.72. The quantitative estimate of drug-likeness (QED) is 0.333. The van der Waals surface area contributed by atoms with E-state index in [-0.39, 0.29) is 5.78 Å². The summed E-state index contributed by atoms with van der Waals surface area (Å²) in [5.74, 6) is 0.714. The van der Waals surface area contributed by atoms with Gasteiger partial charge in [-0.3, -0.25) is 4.79 Å². The summed E-state index contributed by atoms with van der Waals surface area (Å²) in [5, 5.41) is 0. The Kier molecular flexibility index (Phi) is 5.65. The molecule has 0 radical (unpaired) electrons. The van der Waals surface area contributed by atoms with Crippen LogP contribution in [0.15, 0.2) is 82.0 Å². The molecule has 0 unspecified atom stereocenters. The number of benzene rings is 2. The van der Waals surface area contributed by atoms with Crippen LogP contribution in [-0.4, -0.2) is 15.8 Å². The van der Waals surface area contributed by atoms with Gasteiger partial charge in [-0.15, -0.1) is 0 Å². The zero-order chi connectivity index (χ0) is 21.3. The summed E-state index contributed by atoms with van der Waals surface area (Å²) in [7, 11) is 0. The molecule has 0 saturated heterocycles. The van der Waals surface area contributed by atoms with Crippen LogP contribution in [0.1, 0.15) is 15.9 Å². The lowest BCUT2D eigenvalue weighted by molar-refractivity contribution is 0.103. The molecule has 0 amide bonds. The number of nitrogens with zero attached hydrogens (tertiary/aromatic N) is 2. The largest absolute Gasteiger partial charge is 0.383 e. The van der Waals surface area contributed by atoms with E-state index < -0.39 is 0 Å². The van der Waals surface area contributed by atoms with Gasteiger partial charge in [0.2, 0.25) is 0 Å². The number of hydrogen-bond acceptors (Lipinski definition) is 5. The molecule has 30 heavy (non-hydrogen) atoms. The average Bonchev–Trinajstić information content (AvgIpc) is 2.76. The molecule has 4 rings (SSSR count). The lowest BCUT2D eigenvalue weighted by atomic mass is 9.96. The Labute approximate surface area is 190 Å². The fourth-order valence-electron chi connectivity index (χ4n) is 3.18. The molecule has 2 heterocycles. The van der Waals surface area contributed by atoms with Gasteiger partial charge < -0.3 is 11.5 Å². The van der Waals surface area contributed by atoms with Gasteiger partial charge >= 0.3 is 0 Å². The van der Waals surface area contributed by atoms with E-state index >= 15 is 0 Å². The summed E-state index contributed by atoms with van der Waals surface area (Å²) < 4.78 is 1.63. The molecule has 0 aliphatic rings. The Hall–Kier alpha value is -3.03.